The van der Waals surface area contributed by atoms with Gasteiger partial charge < -0.3 is 5.11 Å². The summed E-state index contributed by atoms with van der Waals surface area (Å²) in [6, 6.07) is 4.98. The molecule has 4 nitrogen and oxygen atoms in total. The van der Waals surface area contributed by atoms with Gasteiger partial charge in [0.05, 0.1) is 11.5 Å². The quantitative estimate of drug-likeness (QED) is 0.852. The molecule has 2 rings (SSSR count). The van der Waals surface area contributed by atoms with Gasteiger partial charge in [0, 0.05) is 6.54 Å². The van der Waals surface area contributed by atoms with E-state index in [-0.39, 0.29) is 11.5 Å². The topological polar surface area (TPSA) is 66.4 Å². The maximum Gasteiger partial charge on any atom is 0.240 e. The van der Waals surface area contributed by atoms with Crippen molar-refractivity contribution in [1.29, 1.82) is 0 Å². The molecule has 1 saturated carbocycles. The predicted molar refractivity (Wildman–Crippen MR) is 69.6 cm³/mol. The molecule has 18 heavy (non-hydrogen) atoms. The number of benzene rings is 1. The van der Waals surface area contributed by atoms with Crippen LogP contribution >= 0.6 is 0 Å². The van der Waals surface area contributed by atoms with Gasteiger partial charge in [0.2, 0.25) is 10.0 Å². The summed E-state index contributed by atoms with van der Waals surface area (Å²) in [6.07, 6.45) is 3.42. The van der Waals surface area contributed by atoms with E-state index in [1.807, 2.05) is 0 Å². The van der Waals surface area contributed by atoms with E-state index in [0.29, 0.717) is 23.6 Å². The number of aliphatic hydroxyl groups excluding tert-OH is 1. The Morgan fingerprint density at radius 1 is 1.39 bits per heavy atom. The zero-order chi connectivity index (χ0) is 13.2. The van der Waals surface area contributed by atoms with Crippen molar-refractivity contribution in [2.45, 2.75) is 37.7 Å². The number of rotatable bonds is 5. The standard InChI is InChI=1S/C13H19NO3S/c1-10-12(9-15)6-3-7-13(10)18(16,17)14-8-11-4-2-5-11/h3,6-7,11,14-15H,2,4-5,8-9H2,1H3. The van der Waals surface area contributed by atoms with E-state index in [0.717, 1.165) is 12.8 Å². The van der Waals surface area contributed by atoms with Gasteiger partial charge in [-0.3, -0.25) is 0 Å². The van der Waals surface area contributed by atoms with Crippen LogP contribution in [0.25, 0.3) is 0 Å². The van der Waals surface area contributed by atoms with E-state index < -0.39 is 10.0 Å². The molecule has 5 heteroatoms. The first-order valence-corrected chi connectivity index (χ1v) is 7.72. The molecule has 1 aromatic rings. The lowest BCUT2D eigenvalue weighted by Gasteiger charge is -2.25. The summed E-state index contributed by atoms with van der Waals surface area (Å²) >= 11 is 0. The Morgan fingerprint density at radius 3 is 2.67 bits per heavy atom. The summed E-state index contributed by atoms with van der Waals surface area (Å²) < 4.78 is 27.0. The third-order valence-corrected chi connectivity index (χ3v) is 5.21. The fraction of sp³-hybridized carbons (Fsp3) is 0.538. The zero-order valence-corrected chi connectivity index (χ0v) is 11.3. The van der Waals surface area contributed by atoms with E-state index in [2.05, 4.69) is 4.72 Å². The molecule has 1 fully saturated rings. The molecule has 0 aromatic heterocycles. The van der Waals surface area contributed by atoms with Gasteiger partial charge in [-0.2, -0.15) is 0 Å². The van der Waals surface area contributed by atoms with Crippen LogP contribution in [0.2, 0.25) is 0 Å². The SMILES string of the molecule is Cc1c(CO)cccc1S(=O)(=O)NCC1CCC1. The number of sulfonamides is 1. The lowest BCUT2D eigenvalue weighted by atomic mass is 9.86. The monoisotopic (exact) mass is 269 g/mol. The van der Waals surface area contributed by atoms with Crippen LogP contribution < -0.4 is 4.72 Å². The molecule has 1 aromatic carbocycles. The van der Waals surface area contributed by atoms with Crippen molar-refractivity contribution < 1.29 is 13.5 Å². The molecule has 0 aliphatic heterocycles. The van der Waals surface area contributed by atoms with Crippen molar-refractivity contribution in [2.24, 2.45) is 5.92 Å². The predicted octanol–water partition coefficient (Wildman–Crippen LogP) is 1.57. The first-order valence-electron chi connectivity index (χ1n) is 6.23. The summed E-state index contributed by atoms with van der Waals surface area (Å²) in [6.45, 7) is 2.10. The molecule has 0 radical (unpaired) electrons. The van der Waals surface area contributed by atoms with Gasteiger partial charge in [-0.05, 0) is 42.9 Å². The lowest BCUT2D eigenvalue weighted by Crippen LogP contribution is -2.32. The fourth-order valence-corrected chi connectivity index (χ4v) is 3.53. The van der Waals surface area contributed by atoms with Crippen LogP contribution in [0.5, 0.6) is 0 Å². The summed E-state index contributed by atoms with van der Waals surface area (Å²) in [5, 5.41) is 9.16. The zero-order valence-electron chi connectivity index (χ0n) is 10.5. The van der Waals surface area contributed by atoms with E-state index in [1.165, 1.54) is 6.42 Å². The van der Waals surface area contributed by atoms with Gasteiger partial charge in [-0.1, -0.05) is 18.6 Å². The Bertz CT molecular complexity index is 521. The van der Waals surface area contributed by atoms with Crippen LogP contribution in [0.3, 0.4) is 0 Å². The van der Waals surface area contributed by atoms with E-state index >= 15 is 0 Å². The number of hydrogen-bond donors (Lipinski definition) is 2. The van der Waals surface area contributed by atoms with Gasteiger partial charge in [0.25, 0.3) is 0 Å². The number of hydrogen-bond acceptors (Lipinski definition) is 3. The molecule has 0 unspecified atom stereocenters. The van der Waals surface area contributed by atoms with Crippen LogP contribution in [0.4, 0.5) is 0 Å². The third kappa shape index (κ3) is 2.74. The second-order valence-corrected chi connectivity index (χ2v) is 6.58. The molecule has 0 amide bonds. The van der Waals surface area contributed by atoms with E-state index in [1.54, 1.807) is 25.1 Å². The van der Waals surface area contributed by atoms with Gasteiger partial charge in [0.1, 0.15) is 0 Å². The highest BCUT2D eigenvalue weighted by Crippen LogP contribution is 2.26. The van der Waals surface area contributed by atoms with Gasteiger partial charge in [0.15, 0.2) is 0 Å². The van der Waals surface area contributed by atoms with Crippen molar-refractivity contribution in [1.82, 2.24) is 4.72 Å². The molecule has 0 atom stereocenters. The fourth-order valence-electron chi connectivity index (χ4n) is 2.12. The van der Waals surface area contributed by atoms with Crippen LogP contribution in [-0.2, 0) is 16.6 Å². The average Bonchev–Trinajstić information content (AvgIpc) is 2.26. The van der Waals surface area contributed by atoms with Crippen molar-refractivity contribution in [3.63, 3.8) is 0 Å². The largest absolute Gasteiger partial charge is 0.392 e. The van der Waals surface area contributed by atoms with Crippen LogP contribution in [0.1, 0.15) is 30.4 Å². The van der Waals surface area contributed by atoms with Gasteiger partial charge >= 0.3 is 0 Å². The average molecular weight is 269 g/mol. The minimum Gasteiger partial charge on any atom is -0.392 e. The molecule has 2 N–H and O–H groups in total. The molecule has 0 spiro atoms. The Labute approximate surface area is 108 Å². The minimum absolute atomic E-state index is 0.141. The Kier molecular flexibility index (Phi) is 4.04. The van der Waals surface area contributed by atoms with Crippen LogP contribution in [-0.4, -0.2) is 20.1 Å². The van der Waals surface area contributed by atoms with E-state index in [9.17, 15) is 8.42 Å². The lowest BCUT2D eigenvalue weighted by molar-refractivity contribution is 0.280. The van der Waals surface area contributed by atoms with Gasteiger partial charge in [-0.15, -0.1) is 0 Å². The van der Waals surface area contributed by atoms with Gasteiger partial charge in [-0.25, -0.2) is 13.1 Å². The molecule has 1 aliphatic rings. The van der Waals surface area contributed by atoms with E-state index in [4.69, 9.17) is 5.11 Å². The third-order valence-electron chi connectivity index (χ3n) is 3.64. The van der Waals surface area contributed by atoms with Crippen LogP contribution in [0, 0.1) is 12.8 Å². The summed E-state index contributed by atoms with van der Waals surface area (Å²) in [4.78, 5) is 0.272. The molecule has 1 aliphatic carbocycles. The van der Waals surface area contributed by atoms with Crippen LogP contribution in [0.15, 0.2) is 23.1 Å². The maximum absolute atomic E-state index is 12.2. The van der Waals surface area contributed by atoms with Crippen molar-refractivity contribution >= 4 is 10.0 Å². The van der Waals surface area contributed by atoms with Crippen molar-refractivity contribution in [2.75, 3.05) is 6.54 Å². The first-order chi connectivity index (χ1) is 8.54. The normalized spacial score (nSPS) is 16.6. The Morgan fingerprint density at radius 2 is 2.11 bits per heavy atom. The van der Waals surface area contributed by atoms with Crippen molar-refractivity contribution in [3.8, 4) is 0 Å². The van der Waals surface area contributed by atoms with Crippen molar-refractivity contribution in [3.05, 3.63) is 29.3 Å². The number of nitrogens with one attached hydrogen (secondary N) is 1. The first kappa shape index (κ1) is 13.5. The molecule has 0 saturated heterocycles. The smallest absolute Gasteiger partial charge is 0.240 e. The summed E-state index contributed by atoms with van der Waals surface area (Å²) in [7, 11) is -3.46. The summed E-state index contributed by atoms with van der Waals surface area (Å²) in [5.41, 5.74) is 1.28. The molecule has 100 valence electrons. The number of aliphatic hydroxyl groups is 1. The second-order valence-electron chi connectivity index (χ2n) is 4.85. The molecule has 0 bridgehead atoms. The highest BCUT2D eigenvalue weighted by atomic mass is 32.2. The molecular weight excluding hydrogens is 250 g/mol. The Balaban J connectivity index is 2.17. The summed E-state index contributed by atoms with van der Waals surface area (Å²) in [5.74, 6) is 0.487. The highest BCUT2D eigenvalue weighted by molar-refractivity contribution is 7.89. The minimum atomic E-state index is -3.46. The molecule has 0 heterocycles. The Hall–Kier alpha value is -0.910. The highest BCUT2D eigenvalue weighted by Gasteiger charge is 2.22. The maximum atomic E-state index is 12.2. The molecular formula is C13H19NO3S. The second kappa shape index (κ2) is 5.38.